The number of nitrogens with zero attached hydrogens (tertiary/aromatic N) is 2. The van der Waals surface area contributed by atoms with Crippen molar-refractivity contribution in [2.24, 2.45) is 5.92 Å². The quantitative estimate of drug-likeness (QED) is 0.613. The first kappa shape index (κ1) is 22.6. The zero-order valence-corrected chi connectivity index (χ0v) is 19.8. The number of halogens is 2. The van der Waals surface area contributed by atoms with E-state index in [4.69, 9.17) is 23.2 Å². The molecule has 8 heteroatoms. The number of sulfonamides is 1. The summed E-state index contributed by atoms with van der Waals surface area (Å²) in [5.74, 6) is -0.0190. The largest absolute Gasteiger partial charge is 0.335 e. The highest BCUT2D eigenvalue weighted by Gasteiger charge is 2.38. The summed E-state index contributed by atoms with van der Waals surface area (Å²) in [4.78, 5) is 15.4. The van der Waals surface area contributed by atoms with Gasteiger partial charge in [0.05, 0.1) is 11.1 Å². The summed E-state index contributed by atoms with van der Waals surface area (Å²) in [6.07, 6.45) is 2.97. The third-order valence-electron chi connectivity index (χ3n) is 6.40. The maximum Gasteiger partial charge on any atom is 0.244 e. The fourth-order valence-corrected chi connectivity index (χ4v) is 6.91. The third-order valence-corrected chi connectivity index (χ3v) is 9.01. The molecule has 2 aromatic rings. The first-order valence-electron chi connectivity index (χ1n) is 10.6. The van der Waals surface area contributed by atoms with Crippen LogP contribution in [0.5, 0.6) is 0 Å². The molecule has 0 spiro atoms. The maximum atomic E-state index is 13.3. The molecule has 2 fully saturated rings. The Labute approximate surface area is 194 Å². The fourth-order valence-electron chi connectivity index (χ4n) is 4.71. The van der Waals surface area contributed by atoms with Crippen LogP contribution in [0.2, 0.25) is 10.0 Å². The Bertz CT molecular complexity index is 1080. The van der Waals surface area contributed by atoms with E-state index >= 15 is 0 Å². The molecule has 0 N–H and O–H groups in total. The van der Waals surface area contributed by atoms with Gasteiger partial charge in [-0.3, -0.25) is 4.79 Å². The van der Waals surface area contributed by atoms with Crippen molar-refractivity contribution < 1.29 is 13.2 Å². The predicted molar refractivity (Wildman–Crippen MR) is 123 cm³/mol. The van der Waals surface area contributed by atoms with E-state index in [2.05, 4.69) is 19.1 Å². The topological polar surface area (TPSA) is 57.7 Å². The van der Waals surface area contributed by atoms with E-state index in [-0.39, 0.29) is 27.8 Å². The fraction of sp³-hybridized carbons (Fsp3) is 0.435. The van der Waals surface area contributed by atoms with E-state index in [1.54, 1.807) is 6.07 Å². The van der Waals surface area contributed by atoms with Crippen LogP contribution in [-0.4, -0.2) is 43.2 Å². The molecule has 0 bridgehead atoms. The number of piperidine rings is 1. The van der Waals surface area contributed by atoms with Crippen molar-refractivity contribution in [2.75, 3.05) is 19.6 Å². The number of carbonyl (C=O) groups excluding carboxylic acids is 1. The van der Waals surface area contributed by atoms with Gasteiger partial charge < -0.3 is 4.90 Å². The van der Waals surface area contributed by atoms with Crippen LogP contribution in [0, 0.1) is 12.8 Å². The smallest absolute Gasteiger partial charge is 0.244 e. The standard InChI is InChI=1S/C23H26Cl2N2O3S/c1-16-5-2-3-6-19(16)21-7-4-12-27(21)23(28)17-10-13-26(14-11-17)31(29,30)22-15-18(24)8-9-20(22)25/h2-3,5-6,8-9,15,17,21H,4,7,10-14H2,1H3. The molecule has 2 aromatic carbocycles. The Morgan fingerprint density at radius 1 is 1.00 bits per heavy atom. The normalized spacial score (nSPS) is 20.9. The molecule has 0 saturated carbocycles. The molecule has 0 radical (unpaired) electrons. The summed E-state index contributed by atoms with van der Waals surface area (Å²) in [5, 5.41) is 0.477. The minimum Gasteiger partial charge on any atom is -0.335 e. The van der Waals surface area contributed by atoms with Crippen LogP contribution < -0.4 is 0 Å². The molecule has 2 aliphatic rings. The van der Waals surface area contributed by atoms with Gasteiger partial charge in [0.1, 0.15) is 4.90 Å². The molecule has 2 heterocycles. The summed E-state index contributed by atoms with van der Waals surface area (Å²) in [6.45, 7) is 3.43. The third kappa shape index (κ3) is 4.49. The summed E-state index contributed by atoms with van der Waals surface area (Å²) in [6, 6.07) is 12.8. The highest BCUT2D eigenvalue weighted by Crippen LogP contribution is 2.37. The lowest BCUT2D eigenvalue weighted by atomic mass is 9.94. The molecule has 4 rings (SSSR count). The number of rotatable bonds is 4. The number of likely N-dealkylation sites (tertiary alicyclic amines) is 1. The second-order valence-corrected chi connectivity index (χ2v) is 11.0. The van der Waals surface area contributed by atoms with Crippen molar-refractivity contribution in [3.8, 4) is 0 Å². The van der Waals surface area contributed by atoms with Gasteiger partial charge in [-0.15, -0.1) is 0 Å². The lowest BCUT2D eigenvalue weighted by Crippen LogP contribution is -2.44. The van der Waals surface area contributed by atoms with Crippen molar-refractivity contribution in [1.82, 2.24) is 9.21 Å². The van der Waals surface area contributed by atoms with Crippen molar-refractivity contribution in [1.29, 1.82) is 0 Å². The molecule has 1 amide bonds. The molecule has 0 aromatic heterocycles. The van der Waals surface area contributed by atoms with E-state index in [0.29, 0.717) is 31.0 Å². The lowest BCUT2D eigenvalue weighted by Gasteiger charge is -2.35. The maximum absolute atomic E-state index is 13.3. The Hall–Kier alpha value is -1.60. The number of aryl methyl sites for hydroxylation is 1. The van der Waals surface area contributed by atoms with Crippen LogP contribution in [0.1, 0.15) is 42.9 Å². The van der Waals surface area contributed by atoms with Gasteiger partial charge in [-0.2, -0.15) is 4.31 Å². The van der Waals surface area contributed by atoms with Crippen molar-refractivity contribution in [3.63, 3.8) is 0 Å². The zero-order valence-electron chi connectivity index (χ0n) is 17.4. The first-order valence-corrected chi connectivity index (χ1v) is 12.8. The minimum atomic E-state index is -3.75. The lowest BCUT2D eigenvalue weighted by molar-refractivity contribution is -0.137. The first-order chi connectivity index (χ1) is 14.8. The molecular weight excluding hydrogens is 455 g/mol. The van der Waals surface area contributed by atoms with Gasteiger partial charge >= 0.3 is 0 Å². The van der Waals surface area contributed by atoms with Crippen LogP contribution in [0.3, 0.4) is 0 Å². The molecule has 1 unspecified atom stereocenters. The Morgan fingerprint density at radius 2 is 1.71 bits per heavy atom. The van der Waals surface area contributed by atoms with Gasteiger partial charge in [-0.25, -0.2) is 8.42 Å². The monoisotopic (exact) mass is 480 g/mol. The average Bonchev–Trinajstić information content (AvgIpc) is 3.25. The summed E-state index contributed by atoms with van der Waals surface area (Å²) < 4.78 is 27.5. The summed E-state index contributed by atoms with van der Waals surface area (Å²) in [7, 11) is -3.75. The number of carbonyl (C=O) groups is 1. The Morgan fingerprint density at radius 3 is 2.42 bits per heavy atom. The molecule has 31 heavy (non-hydrogen) atoms. The Balaban J connectivity index is 1.45. The van der Waals surface area contributed by atoms with Gasteiger partial charge in [0.15, 0.2) is 0 Å². The molecule has 5 nitrogen and oxygen atoms in total. The molecule has 166 valence electrons. The molecular formula is C23H26Cl2N2O3S. The van der Waals surface area contributed by atoms with Gasteiger partial charge in [0.2, 0.25) is 15.9 Å². The van der Waals surface area contributed by atoms with Crippen LogP contribution in [-0.2, 0) is 14.8 Å². The second kappa shape index (κ2) is 9.10. The highest BCUT2D eigenvalue weighted by molar-refractivity contribution is 7.89. The van der Waals surface area contributed by atoms with Gasteiger partial charge in [0.25, 0.3) is 0 Å². The number of amides is 1. The summed E-state index contributed by atoms with van der Waals surface area (Å²) in [5.41, 5.74) is 2.41. The van der Waals surface area contributed by atoms with Crippen LogP contribution in [0.25, 0.3) is 0 Å². The van der Waals surface area contributed by atoms with E-state index in [0.717, 1.165) is 19.4 Å². The molecule has 1 atom stereocenters. The number of hydrogen-bond acceptors (Lipinski definition) is 3. The van der Waals surface area contributed by atoms with Gasteiger partial charge in [-0.05, 0) is 61.9 Å². The Kier molecular flexibility index (Phi) is 6.63. The van der Waals surface area contributed by atoms with Crippen LogP contribution >= 0.6 is 23.2 Å². The van der Waals surface area contributed by atoms with E-state index in [9.17, 15) is 13.2 Å². The number of hydrogen-bond donors (Lipinski definition) is 0. The van der Waals surface area contributed by atoms with Crippen molar-refractivity contribution in [2.45, 2.75) is 43.5 Å². The minimum absolute atomic E-state index is 0.0191. The molecule has 2 aliphatic heterocycles. The van der Waals surface area contributed by atoms with Gasteiger partial charge in [0, 0.05) is 30.6 Å². The van der Waals surface area contributed by atoms with E-state index in [1.807, 2.05) is 17.0 Å². The molecule has 2 saturated heterocycles. The predicted octanol–water partition coefficient (Wildman–Crippen LogP) is 5.07. The van der Waals surface area contributed by atoms with E-state index < -0.39 is 10.0 Å². The van der Waals surface area contributed by atoms with Crippen molar-refractivity contribution in [3.05, 3.63) is 63.6 Å². The summed E-state index contributed by atoms with van der Waals surface area (Å²) >= 11 is 12.1. The van der Waals surface area contributed by atoms with Gasteiger partial charge in [-0.1, -0.05) is 47.5 Å². The van der Waals surface area contributed by atoms with E-state index in [1.165, 1.54) is 27.6 Å². The SMILES string of the molecule is Cc1ccccc1C1CCCN1C(=O)C1CCN(S(=O)(=O)c2cc(Cl)ccc2Cl)CC1. The zero-order chi connectivity index (χ0) is 22.2. The number of benzene rings is 2. The molecule has 0 aliphatic carbocycles. The van der Waals surface area contributed by atoms with Crippen molar-refractivity contribution >= 4 is 39.1 Å². The average molecular weight is 481 g/mol. The van der Waals surface area contributed by atoms with Crippen LogP contribution in [0.4, 0.5) is 0 Å². The highest BCUT2D eigenvalue weighted by atomic mass is 35.5. The second-order valence-electron chi connectivity index (χ2n) is 8.30. The van der Waals surface area contributed by atoms with Crippen LogP contribution in [0.15, 0.2) is 47.4 Å².